The molecule has 202 valence electrons. The van der Waals surface area contributed by atoms with Crippen LogP contribution in [0.1, 0.15) is 5.69 Å². The largest absolute Gasteiger partial charge is 0.467 e. The number of ether oxygens (including phenoxy) is 1. The van der Waals surface area contributed by atoms with Crippen LogP contribution in [0.5, 0.6) is 6.01 Å². The molecule has 6 rings (SSSR count). The van der Waals surface area contributed by atoms with E-state index in [4.69, 9.17) is 4.74 Å². The van der Waals surface area contributed by atoms with E-state index in [0.29, 0.717) is 35.6 Å². The van der Waals surface area contributed by atoms with Gasteiger partial charge in [0, 0.05) is 62.6 Å². The lowest BCUT2D eigenvalue weighted by molar-refractivity contribution is -0.128. The monoisotopic (exact) mass is 542 g/mol. The first-order valence-corrected chi connectivity index (χ1v) is 12.6. The number of benzene rings is 1. The summed E-state index contributed by atoms with van der Waals surface area (Å²) in [7, 11) is 3.20. The predicted octanol–water partition coefficient (Wildman–Crippen LogP) is 3.78. The number of aromatic nitrogens is 6. The Morgan fingerprint density at radius 2 is 1.85 bits per heavy atom. The van der Waals surface area contributed by atoms with Crippen LogP contribution in [0, 0.1) is 5.82 Å². The molecular formula is C28H24F2N8O2. The maximum Gasteiger partial charge on any atom is 0.318 e. The van der Waals surface area contributed by atoms with Gasteiger partial charge in [-0.25, -0.2) is 8.78 Å². The summed E-state index contributed by atoms with van der Waals surface area (Å²) in [5.41, 5.74) is 1.90. The van der Waals surface area contributed by atoms with E-state index < -0.39 is 17.6 Å². The van der Waals surface area contributed by atoms with E-state index in [1.807, 2.05) is 17.0 Å². The first-order chi connectivity index (χ1) is 19.4. The third-order valence-electron chi connectivity index (χ3n) is 6.88. The summed E-state index contributed by atoms with van der Waals surface area (Å²) in [5, 5.41) is 5.55. The molecule has 4 aromatic heterocycles. The first-order valence-electron chi connectivity index (χ1n) is 12.6. The Morgan fingerprint density at radius 3 is 2.60 bits per heavy atom. The molecule has 1 amide bonds. The van der Waals surface area contributed by atoms with Crippen molar-refractivity contribution in [1.29, 1.82) is 0 Å². The number of amides is 1. The minimum absolute atomic E-state index is 0.000127. The Morgan fingerprint density at radius 1 is 1.02 bits per heavy atom. The summed E-state index contributed by atoms with van der Waals surface area (Å²) < 4.78 is 37.7. The van der Waals surface area contributed by atoms with Gasteiger partial charge in [0.15, 0.2) is 11.6 Å². The number of piperazine rings is 1. The van der Waals surface area contributed by atoms with Crippen LogP contribution < -0.4 is 9.64 Å². The molecule has 0 aliphatic carbocycles. The van der Waals surface area contributed by atoms with Gasteiger partial charge in [-0.3, -0.25) is 19.4 Å². The van der Waals surface area contributed by atoms with Crippen molar-refractivity contribution in [1.82, 2.24) is 34.6 Å². The second-order valence-corrected chi connectivity index (χ2v) is 9.25. The van der Waals surface area contributed by atoms with Crippen molar-refractivity contribution in [3.05, 3.63) is 72.3 Å². The Hall–Kier alpha value is -5.00. The number of aryl methyl sites for hydroxylation is 1. The van der Waals surface area contributed by atoms with E-state index in [1.165, 1.54) is 18.2 Å². The topological polar surface area (TPSA) is 102 Å². The number of carbonyl (C=O) groups is 1. The van der Waals surface area contributed by atoms with E-state index >= 15 is 4.39 Å². The number of pyridine rings is 2. The second-order valence-electron chi connectivity index (χ2n) is 9.25. The molecule has 5 aromatic rings. The number of fused-ring (bicyclic) bond motifs is 2. The van der Waals surface area contributed by atoms with Crippen LogP contribution in [0.15, 0.2) is 60.8 Å². The molecular weight excluding hydrogens is 518 g/mol. The quantitative estimate of drug-likeness (QED) is 0.309. The van der Waals surface area contributed by atoms with Gasteiger partial charge in [-0.15, -0.1) is 0 Å². The van der Waals surface area contributed by atoms with E-state index in [0.717, 1.165) is 17.0 Å². The molecule has 0 radical (unpaired) electrons. The average Bonchev–Trinajstić information content (AvgIpc) is 3.38. The number of methoxy groups -OCH3 is 1. The van der Waals surface area contributed by atoms with Gasteiger partial charge in [-0.1, -0.05) is 24.3 Å². The number of halogens is 2. The first kappa shape index (κ1) is 25.3. The lowest BCUT2D eigenvalue weighted by atomic mass is 10.1. The zero-order valence-electron chi connectivity index (χ0n) is 21.8. The molecule has 1 fully saturated rings. The fraction of sp³-hybridized carbons (Fsp3) is 0.214. The van der Waals surface area contributed by atoms with Gasteiger partial charge in [0.2, 0.25) is 0 Å². The number of para-hydroxylation sites is 1. The van der Waals surface area contributed by atoms with Gasteiger partial charge in [0.1, 0.15) is 17.0 Å². The third-order valence-corrected chi connectivity index (χ3v) is 6.88. The third kappa shape index (κ3) is 4.46. The lowest BCUT2D eigenvalue weighted by Crippen LogP contribution is -2.49. The highest BCUT2D eigenvalue weighted by Gasteiger charge is 2.27. The lowest BCUT2D eigenvalue weighted by Gasteiger charge is -2.35. The molecule has 1 aromatic carbocycles. The van der Waals surface area contributed by atoms with E-state index in [1.54, 1.807) is 48.4 Å². The van der Waals surface area contributed by atoms with Crippen LogP contribution in [0.2, 0.25) is 0 Å². The van der Waals surface area contributed by atoms with Crippen molar-refractivity contribution in [3.8, 4) is 17.3 Å². The zero-order chi connectivity index (χ0) is 27.8. The molecule has 1 aliphatic heterocycles. The van der Waals surface area contributed by atoms with Crippen LogP contribution in [-0.2, 0) is 11.8 Å². The van der Waals surface area contributed by atoms with Crippen LogP contribution in [-0.4, -0.2) is 73.8 Å². The zero-order valence-corrected chi connectivity index (χ0v) is 21.8. The normalized spacial score (nSPS) is 14.2. The van der Waals surface area contributed by atoms with Crippen LogP contribution in [0.4, 0.5) is 14.6 Å². The van der Waals surface area contributed by atoms with Crippen LogP contribution in [0.3, 0.4) is 0 Å². The Bertz CT molecular complexity index is 1770. The maximum atomic E-state index is 16.1. The standard InChI is InChI=1S/C28H24F2N8O2/c1-36-25-17(15-33-36)6-5-8-19(25)23-22(30)24-20(16-32-23)26(35-28(34-24)40-2)37-10-12-38(13-11-37)27(39)21(29)14-18-7-3-4-9-31-18/h3-9,14-16H,10-13H2,1-2H3/b21-14-. The fourth-order valence-electron chi connectivity index (χ4n) is 4.89. The average molecular weight is 543 g/mol. The van der Waals surface area contributed by atoms with Gasteiger partial charge in [-0.2, -0.15) is 15.1 Å². The van der Waals surface area contributed by atoms with Gasteiger partial charge in [0.05, 0.1) is 29.9 Å². The number of hydrogen-bond donors (Lipinski definition) is 0. The molecule has 0 N–H and O–H groups in total. The molecule has 1 aliphatic rings. The molecule has 0 atom stereocenters. The Kier molecular flexibility index (Phi) is 6.50. The highest BCUT2D eigenvalue weighted by molar-refractivity contribution is 5.98. The number of nitrogens with zero attached hydrogens (tertiary/aromatic N) is 8. The van der Waals surface area contributed by atoms with Crippen LogP contribution >= 0.6 is 0 Å². The number of anilines is 1. The molecule has 1 saturated heterocycles. The number of rotatable bonds is 5. The van der Waals surface area contributed by atoms with E-state index in [-0.39, 0.29) is 30.3 Å². The fourth-order valence-corrected chi connectivity index (χ4v) is 4.89. The van der Waals surface area contributed by atoms with Crippen molar-refractivity contribution in [2.24, 2.45) is 7.05 Å². The smallest absolute Gasteiger partial charge is 0.318 e. The van der Waals surface area contributed by atoms with Crippen molar-refractivity contribution in [2.45, 2.75) is 0 Å². The van der Waals surface area contributed by atoms with Crippen molar-refractivity contribution >= 4 is 39.6 Å². The summed E-state index contributed by atoms with van der Waals surface area (Å²) >= 11 is 0. The van der Waals surface area contributed by atoms with Gasteiger partial charge < -0.3 is 14.5 Å². The minimum atomic E-state index is -0.886. The second kappa shape index (κ2) is 10.3. The minimum Gasteiger partial charge on any atom is -0.467 e. The van der Waals surface area contributed by atoms with Crippen molar-refractivity contribution < 1.29 is 18.3 Å². The molecule has 10 nitrogen and oxygen atoms in total. The maximum absolute atomic E-state index is 16.1. The highest BCUT2D eigenvalue weighted by Crippen LogP contribution is 2.34. The van der Waals surface area contributed by atoms with E-state index in [2.05, 4.69) is 25.0 Å². The molecule has 0 unspecified atom stereocenters. The molecule has 0 saturated carbocycles. The SMILES string of the molecule is COc1nc(N2CCN(C(=O)/C(F)=C/c3ccccn3)CC2)c2cnc(-c3cccc4cnn(C)c34)c(F)c2n1. The van der Waals surface area contributed by atoms with E-state index in [9.17, 15) is 9.18 Å². The van der Waals surface area contributed by atoms with Gasteiger partial charge >= 0.3 is 6.01 Å². The summed E-state index contributed by atoms with van der Waals surface area (Å²) in [5.74, 6) is -1.78. The molecule has 12 heteroatoms. The van der Waals surface area contributed by atoms with Gasteiger partial charge in [-0.05, 0) is 12.1 Å². The Labute approximate surface area is 227 Å². The summed E-state index contributed by atoms with van der Waals surface area (Å²) in [6.07, 6.45) is 5.91. The summed E-state index contributed by atoms with van der Waals surface area (Å²) in [4.78, 5) is 33.3. The molecule has 40 heavy (non-hydrogen) atoms. The highest BCUT2D eigenvalue weighted by atomic mass is 19.1. The summed E-state index contributed by atoms with van der Waals surface area (Å²) in [6.45, 7) is 1.17. The van der Waals surface area contributed by atoms with Crippen molar-refractivity contribution in [2.75, 3.05) is 38.2 Å². The molecule has 5 heterocycles. The number of carbonyl (C=O) groups excluding carboxylic acids is 1. The number of hydrogen-bond acceptors (Lipinski definition) is 8. The van der Waals surface area contributed by atoms with Crippen LogP contribution in [0.25, 0.3) is 39.1 Å². The van der Waals surface area contributed by atoms with Gasteiger partial charge in [0.25, 0.3) is 5.91 Å². The molecule has 0 bridgehead atoms. The van der Waals surface area contributed by atoms with Crippen molar-refractivity contribution in [3.63, 3.8) is 0 Å². The molecule has 0 spiro atoms. The Balaban J connectivity index is 1.30. The predicted molar refractivity (Wildman–Crippen MR) is 146 cm³/mol. The summed E-state index contributed by atoms with van der Waals surface area (Å²) in [6, 6.07) is 10.6.